The third kappa shape index (κ3) is 1.50. The van der Waals surface area contributed by atoms with Gasteiger partial charge < -0.3 is 10.7 Å². The van der Waals surface area contributed by atoms with Crippen LogP contribution in [0.1, 0.15) is 24.8 Å². The van der Waals surface area contributed by atoms with Crippen molar-refractivity contribution >= 4 is 28.4 Å². The number of anilines is 2. The molecule has 1 aliphatic rings. The Morgan fingerprint density at radius 1 is 1.56 bits per heavy atom. The summed E-state index contributed by atoms with van der Waals surface area (Å²) < 4.78 is 0. The first-order chi connectivity index (χ1) is 8.70. The molecule has 1 aliphatic heterocycles. The number of hydrazine groups is 1. The lowest BCUT2D eigenvalue weighted by Crippen LogP contribution is -2.24. The molecule has 6 heteroatoms. The van der Waals surface area contributed by atoms with Gasteiger partial charge in [0.25, 0.3) is 0 Å². The molecule has 92 valence electrons. The van der Waals surface area contributed by atoms with E-state index in [2.05, 4.69) is 20.7 Å². The van der Waals surface area contributed by atoms with Crippen molar-refractivity contribution in [2.75, 3.05) is 10.7 Å². The number of hydrogen-bond acceptors (Lipinski definition) is 5. The minimum absolute atomic E-state index is 0.0197. The second kappa shape index (κ2) is 3.92. The van der Waals surface area contributed by atoms with E-state index < -0.39 is 0 Å². The third-order valence-electron chi connectivity index (χ3n) is 3.18. The predicted octanol–water partition coefficient (Wildman–Crippen LogP) is 1.36. The van der Waals surface area contributed by atoms with Crippen LogP contribution in [0.5, 0.6) is 0 Å². The number of fused-ring (bicyclic) bond motifs is 3. The Balaban J connectivity index is 2.37. The monoisotopic (exact) mass is 243 g/mol. The molecule has 0 saturated carbocycles. The van der Waals surface area contributed by atoms with Gasteiger partial charge in [-0.3, -0.25) is 9.78 Å². The number of carbonyl (C=O) groups is 1. The molecule has 0 radical (unpaired) electrons. The van der Waals surface area contributed by atoms with Gasteiger partial charge in [0.2, 0.25) is 5.91 Å². The molecule has 0 saturated heterocycles. The second-order valence-corrected chi connectivity index (χ2v) is 4.42. The van der Waals surface area contributed by atoms with Gasteiger partial charge in [0, 0.05) is 23.6 Å². The second-order valence-electron chi connectivity index (χ2n) is 4.42. The van der Waals surface area contributed by atoms with Crippen molar-refractivity contribution in [3.8, 4) is 0 Å². The molecule has 0 fully saturated rings. The molecule has 6 nitrogen and oxygen atoms in total. The third-order valence-corrected chi connectivity index (χ3v) is 3.18. The minimum Gasteiger partial charge on any atom is -0.310 e. The van der Waals surface area contributed by atoms with E-state index >= 15 is 0 Å². The van der Waals surface area contributed by atoms with Gasteiger partial charge in [0.1, 0.15) is 11.3 Å². The number of rotatable bonds is 1. The highest BCUT2D eigenvalue weighted by atomic mass is 16.1. The molecule has 18 heavy (non-hydrogen) atoms. The molecular weight excluding hydrogens is 230 g/mol. The van der Waals surface area contributed by atoms with Crippen LogP contribution in [-0.4, -0.2) is 15.9 Å². The van der Waals surface area contributed by atoms with Crippen LogP contribution < -0.4 is 16.6 Å². The largest absolute Gasteiger partial charge is 0.310 e. The number of nitrogens with two attached hydrogens (primary N) is 1. The number of aromatic nitrogens is 2. The van der Waals surface area contributed by atoms with Crippen LogP contribution >= 0.6 is 0 Å². The maximum absolute atomic E-state index is 11.6. The Morgan fingerprint density at radius 3 is 3.17 bits per heavy atom. The summed E-state index contributed by atoms with van der Waals surface area (Å²) in [7, 11) is 0. The average molecular weight is 243 g/mol. The normalized spacial score (nSPS) is 18.3. The lowest BCUT2D eigenvalue weighted by Gasteiger charge is -2.24. The lowest BCUT2D eigenvalue weighted by molar-refractivity contribution is -0.116. The molecule has 2 aromatic rings. The molecule has 1 unspecified atom stereocenters. The van der Waals surface area contributed by atoms with Crippen LogP contribution in [0.2, 0.25) is 0 Å². The van der Waals surface area contributed by atoms with E-state index in [-0.39, 0.29) is 11.8 Å². The zero-order chi connectivity index (χ0) is 12.7. The van der Waals surface area contributed by atoms with Gasteiger partial charge in [-0.1, -0.05) is 13.0 Å². The van der Waals surface area contributed by atoms with Crippen LogP contribution in [-0.2, 0) is 4.79 Å². The van der Waals surface area contributed by atoms with Crippen LogP contribution in [0.15, 0.2) is 18.3 Å². The van der Waals surface area contributed by atoms with Gasteiger partial charge in [-0.05, 0) is 12.0 Å². The number of pyridine rings is 2. The smallest absolute Gasteiger partial charge is 0.226 e. The Morgan fingerprint density at radius 2 is 2.39 bits per heavy atom. The van der Waals surface area contributed by atoms with Crippen molar-refractivity contribution in [1.82, 2.24) is 9.97 Å². The highest BCUT2D eigenvalue weighted by Crippen LogP contribution is 2.37. The van der Waals surface area contributed by atoms with Gasteiger partial charge in [-0.25, -0.2) is 10.8 Å². The topological polar surface area (TPSA) is 92.9 Å². The van der Waals surface area contributed by atoms with E-state index in [1.165, 1.54) is 0 Å². The van der Waals surface area contributed by atoms with E-state index in [0.29, 0.717) is 18.1 Å². The zero-order valence-corrected chi connectivity index (χ0v) is 9.90. The number of nitrogens with one attached hydrogen (secondary N) is 2. The number of amides is 1. The molecule has 0 aliphatic carbocycles. The zero-order valence-electron chi connectivity index (χ0n) is 9.90. The molecule has 0 spiro atoms. The molecule has 1 amide bonds. The van der Waals surface area contributed by atoms with Crippen molar-refractivity contribution in [1.29, 1.82) is 0 Å². The Kier molecular flexibility index (Phi) is 2.38. The van der Waals surface area contributed by atoms with E-state index in [1.54, 1.807) is 6.20 Å². The van der Waals surface area contributed by atoms with Crippen molar-refractivity contribution in [3.63, 3.8) is 0 Å². The van der Waals surface area contributed by atoms with E-state index in [9.17, 15) is 4.79 Å². The molecule has 1 atom stereocenters. The molecule has 0 aromatic carbocycles. The number of hydrogen-bond donors (Lipinski definition) is 3. The summed E-state index contributed by atoms with van der Waals surface area (Å²) in [5.74, 6) is 6.61. The highest BCUT2D eigenvalue weighted by Gasteiger charge is 2.26. The van der Waals surface area contributed by atoms with Gasteiger partial charge in [-0.2, -0.15) is 0 Å². The van der Waals surface area contributed by atoms with Crippen LogP contribution in [0, 0.1) is 0 Å². The summed E-state index contributed by atoms with van der Waals surface area (Å²) in [6.07, 6.45) is 2.16. The fourth-order valence-electron chi connectivity index (χ4n) is 2.42. The fourth-order valence-corrected chi connectivity index (χ4v) is 2.42. The fraction of sp³-hybridized carbons (Fsp3) is 0.250. The Hall–Kier alpha value is -2.21. The molecule has 4 N–H and O–H groups in total. The van der Waals surface area contributed by atoms with Gasteiger partial charge in [-0.15, -0.1) is 0 Å². The van der Waals surface area contributed by atoms with E-state index in [1.807, 2.05) is 19.1 Å². The van der Waals surface area contributed by atoms with Crippen molar-refractivity contribution in [3.05, 3.63) is 23.9 Å². The maximum Gasteiger partial charge on any atom is 0.226 e. The average Bonchev–Trinajstić information content (AvgIpc) is 2.36. The molecule has 0 bridgehead atoms. The van der Waals surface area contributed by atoms with Crippen molar-refractivity contribution < 1.29 is 4.79 Å². The molecule has 3 rings (SSSR count). The Bertz CT molecular complexity index is 640. The van der Waals surface area contributed by atoms with Crippen molar-refractivity contribution in [2.45, 2.75) is 19.3 Å². The van der Waals surface area contributed by atoms with Gasteiger partial charge in [0.05, 0.1) is 0 Å². The molecule has 2 aromatic heterocycles. The molecular formula is C12H13N5O. The molecule has 3 heterocycles. The van der Waals surface area contributed by atoms with E-state index in [4.69, 9.17) is 5.84 Å². The quantitative estimate of drug-likeness (QED) is 0.519. The lowest BCUT2D eigenvalue weighted by atomic mass is 9.91. The number of nitrogens with zero attached hydrogens (tertiary/aromatic N) is 2. The van der Waals surface area contributed by atoms with E-state index in [0.717, 1.165) is 16.5 Å². The summed E-state index contributed by atoms with van der Waals surface area (Å²) in [4.78, 5) is 20.2. The summed E-state index contributed by atoms with van der Waals surface area (Å²) in [5.41, 5.74) is 4.27. The Labute approximate surface area is 104 Å². The SMILES string of the molecule is CC1CC(=O)Nc2nc(NN)c3ncccc3c21. The first-order valence-electron chi connectivity index (χ1n) is 5.75. The first-order valence-corrected chi connectivity index (χ1v) is 5.75. The van der Waals surface area contributed by atoms with Crippen molar-refractivity contribution in [2.24, 2.45) is 5.84 Å². The predicted molar refractivity (Wildman–Crippen MR) is 69.0 cm³/mol. The summed E-state index contributed by atoms with van der Waals surface area (Å²) in [6, 6.07) is 3.84. The maximum atomic E-state index is 11.6. The summed E-state index contributed by atoms with van der Waals surface area (Å²) in [5, 5.41) is 3.76. The number of carbonyl (C=O) groups excluding carboxylic acids is 1. The minimum atomic E-state index is -0.0197. The van der Waals surface area contributed by atoms with Crippen LogP contribution in [0.4, 0.5) is 11.6 Å². The number of nitrogen functional groups attached to an aromatic ring is 1. The van der Waals surface area contributed by atoms with Crippen LogP contribution in [0.3, 0.4) is 0 Å². The highest BCUT2D eigenvalue weighted by molar-refractivity contribution is 6.01. The van der Waals surface area contributed by atoms with Gasteiger partial charge >= 0.3 is 0 Å². The first kappa shape index (κ1) is 10.9. The van der Waals surface area contributed by atoms with Gasteiger partial charge in [0.15, 0.2) is 5.82 Å². The summed E-state index contributed by atoms with van der Waals surface area (Å²) >= 11 is 0. The standard InChI is InChI=1S/C12H13N5O/c1-6-5-8(18)15-11-9(6)7-3-2-4-14-10(7)12(16-11)17-13/h2-4,6H,5,13H2,1H3,(H2,15,16,17,18). The van der Waals surface area contributed by atoms with Crippen LogP contribution in [0.25, 0.3) is 10.9 Å². The summed E-state index contributed by atoms with van der Waals surface area (Å²) in [6.45, 7) is 2.02.